The van der Waals surface area contributed by atoms with Crippen LogP contribution >= 0.6 is 0 Å². The summed E-state index contributed by atoms with van der Waals surface area (Å²) in [4.78, 5) is 13.6. The smallest absolute Gasteiger partial charge is 0.253 e. The monoisotopic (exact) mass is 236 g/mol. The minimum absolute atomic E-state index is 0.0695. The number of benzene rings is 1. The molecule has 2 N–H and O–H groups in total. The molecule has 1 atom stereocenters. The lowest BCUT2D eigenvalue weighted by atomic mass is 10.1. The Morgan fingerprint density at radius 3 is 3.12 bits per heavy atom. The molecule has 2 rings (SSSR count). The summed E-state index contributed by atoms with van der Waals surface area (Å²) < 4.78 is 10.3. The first kappa shape index (κ1) is 11.9. The van der Waals surface area contributed by atoms with E-state index < -0.39 is 0 Å². The Morgan fingerprint density at radius 2 is 2.41 bits per heavy atom. The Balaban J connectivity index is 2.30. The number of amides is 1. The molecule has 5 nitrogen and oxygen atoms in total. The number of rotatable bonds is 3. The molecule has 1 amide bonds. The van der Waals surface area contributed by atoms with Gasteiger partial charge in [-0.3, -0.25) is 4.79 Å². The molecular weight excluding hydrogens is 220 g/mol. The molecule has 1 aliphatic heterocycles. The summed E-state index contributed by atoms with van der Waals surface area (Å²) in [5, 5.41) is 0. The molecule has 0 aliphatic carbocycles. The fourth-order valence-corrected chi connectivity index (χ4v) is 1.92. The number of ether oxygens (including phenoxy) is 2. The van der Waals surface area contributed by atoms with Gasteiger partial charge in [0.15, 0.2) is 0 Å². The van der Waals surface area contributed by atoms with Gasteiger partial charge in [-0.15, -0.1) is 0 Å². The highest BCUT2D eigenvalue weighted by Gasteiger charge is 2.29. The van der Waals surface area contributed by atoms with Crippen molar-refractivity contribution in [2.75, 3.05) is 31.8 Å². The SMILES string of the molecule is COc1cccc(N2C(=O)COCC2CN)c1. The van der Waals surface area contributed by atoms with E-state index >= 15 is 0 Å². The molecule has 0 saturated carbocycles. The number of carbonyl (C=O) groups is 1. The second-order valence-electron chi connectivity index (χ2n) is 3.87. The number of nitrogens with two attached hydrogens (primary N) is 1. The molecular formula is C12H16N2O3. The van der Waals surface area contributed by atoms with Crippen molar-refractivity contribution in [3.63, 3.8) is 0 Å². The van der Waals surface area contributed by atoms with Crippen LogP contribution in [0.5, 0.6) is 5.75 Å². The van der Waals surface area contributed by atoms with E-state index in [2.05, 4.69) is 0 Å². The summed E-state index contributed by atoms with van der Waals surface area (Å²) in [7, 11) is 1.60. The van der Waals surface area contributed by atoms with E-state index in [1.165, 1.54) is 0 Å². The molecule has 1 saturated heterocycles. The largest absolute Gasteiger partial charge is 0.497 e. The highest BCUT2D eigenvalue weighted by atomic mass is 16.5. The lowest BCUT2D eigenvalue weighted by molar-refractivity contribution is -0.127. The number of hydrogen-bond acceptors (Lipinski definition) is 4. The minimum atomic E-state index is -0.108. The second-order valence-corrected chi connectivity index (χ2v) is 3.87. The van der Waals surface area contributed by atoms with E-state index in [1.54, 1.807) is 12.0 Å². The standard InChI is InChI=1S/C12H16N2O3/c1-16-11-4-2-3-9(5-11)14-10(6-13)7-17-8-12(14)15/h2-5,10H,6-8,13H2,1H3. The van der Waals surface area contributed by atoms with Gasteiger partial charge in [-0.2, -0.15) is 0 Å². The van der Waals surface area contributed by atoms with Crippen molar-refractivity contribution in [2.24, 2.45) is 5.73 Å². The molecule has 1 unspecified atom stereocenters. The molecule has 1 aromatic carbocycles. The van der Waals surface area contributed by atoms with Crippen LogP contribution in [0, 0.1) is 0 Å². The molecule has 1 aliphatic rings. The first-order valence-corrected chi connectivity index (χ1v) is 5.50. The zero-order valence-corrected chi connectivity index (χ0v) is 9.76. The van der Waals surface area contributed by atoms with Crippen LogP contribution in [0.3, 0.4) is 0 Å². The Morgan fingerprint density at radius 1 is 1.59 bits per heavy atom. The fraction of sp³-hybridized carbons (Fsp3) is 0.417. The first-order valence-electron chi connectivity index (χ1n) is 5.50. The van der Waals surface area contributed by atoms with Crippen LogP contribution < -0.4 is 15.4 Å². The molecule has 0 bridgehead atoms. The first-order chi connectivity index (χ1) is 8.26. The van der Waals surface area contributed by atoms with Gasteiger partial charge in [-0.1, -0.05) is 6.07 Å². The van der Waals surface area contributed by atoms with Gasteiger partial charge in [0.1, 0.15) is 12.4 Å². The van der Waals surface area contributed by atoms with Crippen LogP contribution in [-0.2, 0) is 9.53 Å². The normalized spacial score (nSPS) is 20.5. The summed E-state index contributed by atoms with van der Waals surface area (Å²) in [6.45, 7) is 0.954. The van der Waals surface area contributed by atoms with Gasteiger partial charge in [0, 0.05) is 18.3 Å². The lowest BCUT2D eigenvalue weighted by Gasteiger charge is -2.34. The summed E-state index contributed by atoms with van der Waals surface area (Å²) in [6.07, 6.45) is 0. The van der Waals surface area contributed by atoms with E-state index in [-0.39, 0.29) is 18.6 Å². The third-order valence-corrected chi connectivity index (χ3v) is 2.77. The second kappa shape index (κ2) is 5.16. The van der Waals surface area contributed by atoms with Gasteiger partial charge in [0.2, 0.25) is 0 Å². The van der Waals surface area contributed by atoms with E-state index in [0.29, 0.717) is 13.2 Å². The number of methoxy groups -OCH3 is 1. The highest BCUT2D eigenvalue weighted by molar-refractivity contribution is 5.95. The zero-order chi connectivity index (χ0) is 12.3. The van der Waals surface area contributed by atoms with Crippen LogP contribution in [0.2, 0.25) is 0 Å². The number of carbonyl (C=O) groups excluding carboxylic acids is 1. The fourth-order valence-electron chi connectivity index (χ4n) is 1.92. The number of nitrogens with zero attached hydrogens (tertiary/aromatic N) is 1. The van der Waals surface area contributed by atoms with Crippen molar-refractivity contribution in [1.29, 1.82) is 0 Å². The Bertz CT molecular complexity index is 408. The maximum absolute atomic E-state index is 11.9. The van der Waals surface area contributed by atoms with E-state index in [4.69, 9.17) is 15.2 Å². The third kappa shape index (κ3) is 2.40. The van der Waals surface area contributed by atoms with Crippen LogP contribution in [-0.4, -0.2) is 38.8 Å². The van der Waals surface area contributed by atoms with Crippen molar-refractivity contribution in [3.8, 4) is 5.75 Å². The van der Waals surface area contributed by atoms with Gasteiger partial charge in [-0.05, 0) is 12.1 Å². The quantitative estimate of drug-likeness (QED) is 0.824. The van der Waals surface area contributed by atoms with E-state index in [9.17, 15) is 4.79 Å². The van der Waals surface area contributed by atoms with Crippen LogP contribution in [0.15, 0.2) is 24.3 Å². The maximum Gasteiger partial charge on any atom is 0.253 e. The predicted octanol–water partition coefficient (Wildman–Crippen LogP) is 0.386. The highest BCUT2D eigenvalue weighted by Crippen LogP contribution is 2.24. The molecule has 5 heteroatoms. The summed E-state index contributed by atoms with van der Waals surface area (Å²) in [5.41, 5.74) is 6.46. The zero-order valence-electron chi connectivity index (χ0n) is 9.76. The summed E-state index contributed by atoms with van der Waals surface area (Å²) in [6, 6.07) is 7.28. The van der Waals surface area contributed by atoms with Gasteiger partial charge in [0.05, 0.1) is 19.8 Å². The van der Waals surface area contributed by atoms with Crippen molar-refractivity contribution < 1.29 is 14.3 Å². The van der Waals surface area contributed by atoms with Crippen molar-refractivity contribution in [3.05, 3.63) is 24.3 Å². The molecule has 0 aromatic heterocycles. The van der Waals surface area contributed by atoms with Crippen LogP contribution in [0.25, 0.3) is 0 Å². The average Bonchev–Trinajstić information content (AvgIpc) is 2.38. The van der Waals surface area contributed by atoms with Crippen LogP contribution in [0.1, 0.15) is 0 Å². The number of hydrogen-bond donors (Lipinski definition) is 1. The number of morpholine rings is 1. The Kier molecular flexibility index (Phi) is 3.61. The van der Waals surface area contributed by atoms with E-state index in [1.807, 2.05) is 24.3 Å². The summed E-state index contributed by atoms with van der Waals surface area (Å²) in [5.74, 6) is 0.650. The average molecular weight is 236 g/mol. The van der Waals surface area contributed by atoms with Crippen LogP contribution in [0.4, 0.5) is 5.69 Å². The van der Waals surface area contributed by atoms with Gasteiger partial charge in [0.25, 0.3) is 5.91 Å². The molecule has 1 fully saturated rings. The van der Waals surface area contributed by atoms with Crippen molar-refractivity contribution in [1.82, 2.24) is 0 Å². The maximum atomic E-state index is 11.9. The Labute approximate surface area is 100 Å². The molecule has 1 heterocycles. The molecule has 1 aromatic rings. The predicted molar refractivity (Wildman–Crippen MR) is 64.1 cm³/mol. The van der Waals surface area contributed by atoms with Crippen molar-refractivity contribution in [2.45, 2.75) is 6.04 Å². The molecule has 17 heavy (non-hydrogen) atoms. The van der Waals surface area contributed by atoms with Crippen molar-refractivity contribution >= 4 is 11.6 Å². The molecule has 0 spiro atoms. The Hall–Kier alpha value is -1.59. The topological polar surface area (TPSA) is 64.8 Å². The molecule has 92 valence electrons. The number of anilines is 1. The van der Waals surface area contributed by atoms with E-state index in [0.717, 1.165) is 11.4 Å². The molecule has 0 radical (unpaired) electrons. The third-order valence-electron chi connectivity index (χ3n) is 2.77. The van der Waals surface area contributed by atoms with Gasteiger partial charge >= 0.3 is 0 Å². The van der Waals surface area contributed by atoms with Gasteiger partial charge in [-0.25, -0.2) is 0 Å². The minimum Gasteiger partial charge on any atom is -0.497 e. The van der Waals surface area contributed by atoms with Gasteiger partial charge < -0.3 is 20.1 Å². The summed E-state index contributed by atoms with van der Waals surface area (Å²) >= 11 is 0. The lowest BCUT2D eigenvalue weighted by Crippen LogP contribution is -2.53.